The monoisotopic (exact) mass is 383 g/mol. The Labute approximate surface area is 166 Å². The molecule has 28 heavy (non-hydrogen) atoms. The third kappa shape index (κ3) is 5.45. The van der Waals surface area contributed by atoms with E-state index >= 15 is 0 Å². The van der Waals surface area contributed by atoms with Gasteiger partial charge in [0.25, 0.3) is 5.91 Å². The molecule has 0 spiro atoms. The van der Waals surface area contributed by atoms with Crippen LogP contribution in [0.4, 0.5) is 0 Å². The van der Waals surface area contributed by atoms with Crippen molar-refractivity contribution in [1.82, 2.24) is 15.5 Å². The number of nitrogens with zero attached hydrogens (tertiary/aromatic N) is 1. The Morgan fingerprint density at radius 3 is 2.43 bits per heavy atom. The van der Waals surface area contributed by atoms with Crippen molar-refractivity contribution in [1.29, 1.82) is 0 Å². The molecule has 2 N–H and O–H groups in total. The highest BCUT2D eigenvalue weighted by molar-refractivity contribution is 5.95. The Morgan fingerprint density at radius 1 is 1.11 bits per heavy atom. The first kappa shape index (κ1) is 20.1. The Bertz CT molecular complexity index is 751. The first-order valence-corrected chi connectivity index (χ1v) is 9.94. The lowest BCUT2D eigenvalue weighted by atomic mass is 10.00. The maximum Gasteiger partial charge on any atom is 0.287 e. The molecule has 1 aliphatic heterocycles. The van der Waals surface area contributed by atoms with Gasteiger partial charge in [0, 0.05) is 25.7 Å². The molecule has 6 heteroatoms. The number of carbonyl (C=O) groups excluding carboxylic acids is 2. The number of hydrogen-bond acceptors (Lipinski definition) is 4. The number of carbonyl (C=O) groups is 2. The van der Waals surface area contributed by atoms with Crippen LogP contribution in [-0.2, 0) is 11.3 Å². The highest BCUT2D eigenvalue weighted by Crippen LogP contribution is 2.15. The van der Waals surface area contributed by atoms with Gasteiger partial charge in [-0.2, -0.15) is 0 Å². The van der Waals surface area contributed by atoms with E-state index in [9.17, 15) is 9.59 Å². The number of rotatable bonds is 7. The zero-order valence-corrected chi connectivity index (χ0v) is 16.6. The minimum atomic E-state index is -0.583. The molecular weight excluding hydrogens is 354 g/mol. The van der Waals surface area contributed by atoms with Gasteiger partial charge >= 0.3 is 0 Å². The SMILES string of the molecule is CC(C)[C@@H](NC(=O)c1ccco1)C(=O)NC1CCN(Cc2ccccc2)CC1. The fourth-order valence-electron chi connectivity index (χ4n) is 3.52. The van der Waals surface area contributed by atoms with E-state index in [1.54, 1.807) is 12.1 Å². The molecule has 3 rings (SSSR count). The quantitative estimate of drug-likeness (QED) is 0.771. The fourth-order valence-corrected chi connectivity index (χ4v) is 3.52. The summed E-state index contributed by atoms with van der Waals surface area (Å²) in [6.45, 7) is 6.69. The topological polar surface area (TPSA) is 74.6 Å². The molecule has 0 unspecified atom stereocenters. The van der Waals surface area contributed by atoms with Gasteiger partial charge in [0.15, 0.2) is 5.76 Å². The molecule has 0 radical (unpaired) electrons. The fraction of sp³-hybridized carbons (Fsp3) is 0.455. The van der Waals surface area contributed by atoms with Crippen molar-refractivity contribution in [3.8, 4) is 0 Å². The number of nitrogens with one attached hydrogen (secondary N) is 2. The van der Waals surface area contributed by atoms with E-state index in [2.05, 4.69) is 39.8 Å². The summed E-state index contributed by atoms with van der Waals surface area (Å²) in [5.41, 5.74) is 1.31. The summed E-state index contributed by atoms with van der Waals surface area (Å²) >= 11 is 0. The Hall–Kier alpha value is -2.60. The van der Waals surface area contributed by atoms with Crippen LogP contribution in [0.2, 0.25) is 0 Å². The zero-order chi connectivity index (χ0) is 19.9. The first-order chi connectivity index (χ1) is 13.5. The first-order valence-electron chi connectivity index (χ1n) is 9.94. The van der Waals surface area contributed by atoms with Crippen molar-refractivity contribution < 1.29 is 14.0 Å². The predicted molar refractivity (Wildman–Crippen MR) is 108 cm³/mol. The van der Waals surface area contributed by atoms with E-state index in [4.69, 9.17) is 4.42 Å². The smallest absolute Gasteiger partial charge is 0.287 e. The van der Waals surface area contributed by atoms with E-state index in [-0.39, 0.29) is 29.5 Å². The van der Waals surface area contributed by atoms with E-state index in [1.165, 1.54) is 11.8 Å². The third-order valence-corrected chi connectivity index (χ3v) is 5.16. The summed E-state index contributed by atoms with van der Waals surface area (Å²) in [6, 6.07) is 13.2. The van der Waals surface area contributed by atoms with Crippen LogP contribution in [0.5, 0.6) is 0 Å². The van der Waals surface area contributed by atoms with Gasteiger partial charge in [0.2, 0.25) is 5.91 Å². The average Bonchev–Trinajstić information content (AvgIpc) is 3.23. The second-order valence-electron chi connectivity index (χ2n) is 7.72. The highest BCUT2D eigenvalue weighted by Gasteiger charge is 2.28. The van der Waals surface area contributed by atoms with Crippen LogP contribution >= 0.6 is 0 Å². The Morgan fingerprint density at radius 2 is 1.82 bits per heavy atom. The van der Waals surface area contributed by atoms with Crippen molar-refractivity contribution in [2.24, 2.45) is 5.92 Å². The summed E-state index contributed by atoms with van der Waals surface area (Å²) in [6.07, 6.45) is 3.27. The normalized spacial score (nSPS) is 16.7. The summed E-state index contributed by atoms with van der Waals surface area (Å²) < 4.78 is 5.12. The lowest BCUT2D eigenvalue weighted by Gasteiger charge is -2.33. The van der Waals surface area contributed by atoms with E-state index in [0.717, 1.165) is 32.5 Å². The maximum absolute atomic E-state index is 12.8. The molecule has 1 aromatic heterocycles. The van der Waals surface area contributed by atoms with Gasteiger partial charge in [-0.05, 0) is 36.5 Å². The van der Waals surface area contributed by atoms with Crippen molar-refractivity contribution >= 4 is 11.8 Å². The molecule has 1 aromatic carbocycles. The number of amides is 2. The number of piperidine rings is 1. The largest absolute Gasteiger partial charge is 0.459 e. The molecule has 0 aliphatic carbocycles. The second kappa shape index (κ2) is 9.55. The van der Waals surface area contributed by atoms with Crippen LogP contribution in [0.25, 0.3) is 0 Å². The van der Waals surface area contributed by atoms with Crippen LogP contribution in [0.15, 0.2) is 53.1 Å². The molecular formula is C22H29N3O3. The molecule has 1 aliphatic rings. The molecule has 1 saturated heterocycles. The van der Waals surface area contributed by atoms with Crippen LogP contribution in [0.3, 0.4) is 0 Å². The van der Waals surface area contributed by atoms with Crippen LogP contribution in [0.1, 0.15) is 42.8 Å². The van der Waals surface area contributed by atoms with Crippen molar-refractivity contribution in [2.75, 3.05) is 13.1 Å². The molecule has 0 bridgehead atoms. The predicted octanol–water partition coefficient (Wildman–Crippen LogP) is 2.81. The standard InChI is InChI=1S/C22H29N3O3/c1-16(2)20(24-21(26)19-9-6-14-28-19)22(27)23-18-10-12-25(13-11-18)15-17-7-4-3-5-8-17/h3-9,14,16,18,20H,10-13,15H2,1-2H3,(H,23,27)(H,24,26)/t20-/m1/s1. The molecule has 2 amide bonds. The lowest BCUT2D eigenvalue weighted by Crippen LogP contribution is -2.53. The van der Waals surface area contributed by atoms with E-state index < -0.39 is 6.04 Å². The molecule has 150 valence electrons. The number of furan rings is 1. The van der Waals surface area contributed by atoms with Gasteiger partial charge < -0.3 is 15.1 Å². The molecule has 1 fully saturated rings. The summed E-state index contributed by atoms with van der Waals surface area (Å²) in [7, 11) is 0. The summed E-state index contributed by atoms with van der Waals surface area (Å²) in [5.74, 6) is -0.294. The van der Waals surface area contributed by atoms with Gasteiger partial charge in [-0.25, -0.2) is 0 Å². The molecule has 2 heterocycles. The molecule has 2 aromatic rings. The third-order valence-electron chi connectivity index (χ3n) is 5.16. The van der Waals surface area contributed by atoms with Crippen molar-refractivity contribution in [3.63, 3.8) is 0 Å². The van der Waals surface area contributed by atoms with Gasteiger partial charge in [0.05, 0.1) is 6.26 Å². The van der Waals surface area contributed by atoms with Gasteiger partial charge in [-0.15, -0.1) is 0 Å². The number of likely N-dealkylation sites (tertiary alicyclic amines) is 1. The zero-order valence-electron chi connectivity index (χ0n) is 16.6. The van der Waals surface area contributed by atoms with E-state index in [1.807, 2.05) is 19.9 Å². The van der Waals surface area contributed by atoms with Gasteiger partial charge in [-0.1, -0.05) is 44.2 Å². The summed E-state index contributed by atoms with van der Waals surface area (Å²) in [5, 5.41) is 5.92. The van der Waals surface area contributed by atoms with Crippen LogP contribution in [-0.4, -0.2) is 41.9 Å². The van der Waals surface area contributed by atoms with Crippen molar-refractivity contribution in [3.05, 3.63) is 60.1 Å². The van der Waals surface area contributed by atoms with Gasteiger partial charge in [0.1, 0.15) is 6.04 Å². The van der Waals surface area contributed by atoms with Gasteiger partial charge in [-0.3, -0.25) is 14.5 Å². The lowest BCUT2D eigenvalue weighted by molar-refractivity contribution is -0.125. The van der Waals surface area contributed by atoms with E-state index in [0.29, 0.717) is 0 Å². The molecule has 0 saturated carbocycles. The Kier molecular flexibility index (Phi) is 6.87. The van der Waals surface area contributed by atoms with Crippen LogP contribution in [0, 0.1) is 5.92 Å². The average molecular weight is 383 g/mol. The minimum Gasteiger partial charge on any atom is -0.459 e. The maximum atomic E-state index is 12.8. The minimum absolute atomic E-state index is 0.0166. The number of benzene rings is 1. The summed E-state index contributed by atoms with van der Waals surface area (Å²) in [4.78, 5) is 27.4. The molecule has 6 nitrogen and oxygen atoms in total. The number of hydrogen-bond donors (Lipinski definition) is 2. The van der Waals surface area contributed by atoms with Crippen LogP contribution < -0.4 is 10.6 Å². The van der Waals surface area contributed by atoms with Crippen molar-refractivity contribution in [2.45, 2.75) is 45.3 Å². The second-order valence-corrected chi connectivity index (χ2v) is 7.72. The Balaban J connectivity index is 1.48. The highest BCUT2D eigenvalue weighted by atomic mass is 16.3. The molecule has 1 atom stereocenters.